The van der Waals surface area contributed by atoms with Crippen LogP contribution in [-0.2, 0) is 4.79 Å². The highest BCUT2D eigenvalue weighted by atomic mass is 35.5. The molecule has 5 fully saturated rings. The number of benzene rings is 1. The predicted molar refractivity (Wildman–Crippen MR) is 123 cm³/mol. The van der Waals surface area contributed by atoms with Crippen LogP contribution in [0.2, 0.25) is 0 Å². The van der Waals surface area contributed by atoms with Gasteiger partial charge in [-0.05, 0) is 61.5 Å². The quantitative estimate of drug-likeness (QED) is 0.754. The maximum Gasteiger partial charge on any atom is 0.247 e. The third kappa shape index (κ3) is 3.09. The van der Waals surface area contributed by atoms with Gasteiger partial charge in [0.05, 0.1) is 6.67 Å². The number of nitrogens with zero attached hydrogens (tertiary/aromatic N) is 2. The van der Waals surface area contributed by atoms with Gasteiger partial charge in [-0.25, -0.2) is 0 Å². The van der Waals surface area contributed by atoms with Crippen LogP contribution in [0, 0.1) is 23.7 Å². The van der Waals surface area contributed by atoms with E-state index in [1.54, 1.807) is 0 Å². The molecule has 5 aliphatic rings. The van der Waals surface area contributed by atoms with Gasteiger partial charge < -0.3 is 10.2 Å². The van der Waals surface area contributed by atoms with E-state index in [1.165, 1.54) is 50.6 Å². The van der Waals surface area contributed by atoms with Crippen LogP contribution in [0.1, 0.15) is 57.8 Å². The summed E-state index contributed by atoms with van der Waals surface area (Å²) in [4.78, 5) is 18.1. The number of piperidine rings is 1. The summed E-state index contributed by atoms with van der Waals surface area (Å²) in [5, 5.41) is 3.16. The third-order valence-electron chi connectivity index (χ3n) is 9.38. The highest BCUT2D eigenvalue weighted by Gasteiger charge is 2.54. The molecular formula is C25H36ClN3O. The van der Waals surface area contributed by atoms with Crippen molar-refractivity contribution in [3.8, 4) is 0 Å². The van der Waals surface area contributed by atoms with Crippen LogP contribution in [0.4, 0.5) is 5.69 Å². The number of amides is 1. The Morgan fingerprint density at radius 2 is 1.63 bits per heavy atom. The zero-order chi connectivity index (χ0) is 19.4. The van der Waals surface area contributed by atoms with E-state index >= 15 is 0 Å². The fourth-order valence-electron chi connectivity index (χ4n) is 8.14. The molecule has 1 aromatic rings. The number of halogens is 1. The Balaban J connectivity index is 0.00000193. The van der Waals surface area contributed by atoms with Gasteiger partial charge in [-0.1, -0.05) is 50.3 Å². The van der Waals surface area contributed by atoms with Gasteiger partial charge in [0.25, 0.3) is 0 Å². The number of hydrogen-bond acceptors (Lipinski definition) is 3. The maximum absolute atomic E-state index is 13.0. The summed E-state index contributed by atoms with van der Waals surface area (Å²) in [5.41, 5.74) is 0.847. The van der Waals surface area contributed by atoms with Crippen molar-refractivity contribution in [3.63, 3.8) is 0 Å². The number of hydrogen-bond donors (Lipinski definition) is 1. The molecule has 1 N–H and O–H groups in total. The molecule has 3 aliphatic carbocycles. The molecule has 3 saturated carbocycles. The predicted octanol–water partition coefficient (Wildman–Crippen LogP) is 4.44. The fraction of sp³-hybridized carbons (Fsp3) is 0.720. The monoisotopic (exact) mass is 429 g/mol. The molecule has 1 spiro atoms. The molecule has 4 nitrogen and oxygen atoms in total. The molecule has 2 aliphatic heterocycles. The lowest BCUT2D eigenvalue weighted by molar-refractivity contribution is -0.125. The summed E-state index contributed by atoms with van der Waals surface area (Å²) < 4.78 is 0. The molecular weight excluding hydrogens is 394 g/mol. The molecule has 30 heavy (non-hydrogen) atoms. The lowest BCUT2D eigenvalue weighted by Gasteiger charge is -2.47. The van der Waals surface area contributed by atoms with Crippen molar-refractivity contribution in [3.05, 3.63) is 30.3 Å². The number of carbonyl (C=O) groups excluding carboxylic acids is 1. The van der Waals surface area contributed by atoms with E-state index in [2.05, 4.69) is 45.4 Å². The van der Waals surface area contributed by atoms with Crippen LogP contribution in [0.5, 0.6) is 0 Å². The van der Waals surface area contributed by atoms with Crippen LogP contribution >= 0.6 is 12.4 Å². The van der Waals surface area contributed by atoms with Crippen molar-refractivity contribution < 1.29 is 4.79 Å². The molecule has 0 aromatic heterocycles. The van der Waals surface area contributed by atoms with Gasteiger partial charge in [0.1, 0.15) is 5.54 Å². The number of anilines is 1. The molecule has 2 saturated heterocycles. The van der Waals surface area contributed by atoms with Crippen molar-refractivity contribution in [2.75, 3.05) is 24.7 Å². The molecule has 6 rings (SSSR count). The molecule has 1 amide bonds. The largest absolute Gasteiger partial charge is 0.339 e. The number of carbonyl (C=O) groups is 1. The Kier molecular flexibility index (Phi) is 5.51. The van der Waals surface area contributed by atoms with Gasteiger partial charge in [0.2, 0.25) is 5.91 Å². The summed E-state index contributed by atoms with van der Waals surface area (Å²) in [5.74, 6) is 4.24. The van der Waals surface area contributed by atoms with Crippen LogP contribution in [0.25, 0.3) is 0 Å². The highest BCUT2D eigenvalue weighted by Crippen LogP contribution is 2.56. The van der Waals surface area contributed by atoms with Crippen LogP contribution in [0.3, 0.4) is 0 Å². The molecule has 0 radical (unpaired) electrons. The topological polar surface area (TPSA) is 35.6 Å². The second-order valence-corrected chi connectivity index (χ2v) is 10.4. The first-order valence-corrected chi connectivity index (χ1v) is 12.1. The third-order valence-corrected chi connectivity index (χ3v) is 9.38. The van der Waals surface area contributed by atoms with Gasteiger partial charge in [0.15, 0.2) is 0 Å². The van der Waals surface area contributed by atoms with Crippen molar-refractivity contribution in [1.29, 1.82) is 0 Å². The molecule has 1 aromatic carbocycles. The van der Waals surface area contributed by atoms with E-state index in [9.17, 15) is 4.79 Å². The van der Waals surface area contributed by atoms with E-state index in [4.69, 9.17) is 0 Å². The van der Waals surface area contributed by atoms with E-state index in [-0.39, 0.29) is 23.9 Å². The van der Waals surface area contributed by atoms with E-state index < -0.39 is 0 Å². The Morgan fingerprint density at radius 3 is 2.40 bits per heavy atom. The molecule has 0 bridgehead atoms. The normalized spacial score (nSPS) is 37.5. The number of likely N-dealkylation sites (tertiary alicyclic amines) is 1. The first-order chi connectivity index (χ1) is 14.3. The first kappa shape index (κ1) is 20.6. The Hall–Kier alpha value is -1.26. The van der Waals surface area contributed by atoms with Gasteiger partial charge in [0, 0.05) is 24.8 Å². The van der Waals surface area contributed by atoms with Crippen LogP contribution in [-0.4, -0.2) is 42.1 Å². The minimum atomic E-state index is -0.335. The molecule has 5 atom stereocenters. The summed E-state index contributed by atoms with van der Waals surface area (Å²) in [6.45, 7) is 2.82. The van der Waals surface area contributed by atoms with E-state index in [0.29, 0.717) is 6.67 Å². The number of rotatable bonds is 2. The van der Waals surface area contributed by atoms with Crippen molar-refractivity contribution in [1.82, 2.24) is 10.2 Å². The Bertz CT molecular complexity index is 761. The zero-order valence-corrected chi connectivity index (χ0v) is 18.8. The Labute approximate surface area is 187 Å². The number of nitrogens with one attached hydrogen (secondary N) is 1. The van der Waals surface area contributed by atoms with Crippen molar-refractivity contribution in [2.24, 2.45) is 23.7 Å². The van der Waals surface area contributed by atoms with E-state index in [1.807, 2.05) is 0 Å². The SMILES string of the molecule is Cl.O=C1NCN(c2ccccc2)C12CCN(C1CC3CCCC4CCCC1C43)CC2. The maximum atomic E-state index is 13.0. The highest BCUT2D eigenvalue weighted by molar-refractivity contribution is 5.93. The zero-order valence-electron chi connectivity index (χ0n) is 18.0. The second-order valence-electron chi connectivity index (χ2n) is 10.4. The number of para-hydroxylation sites is 1. The molecule has 2 heterocycles. The van der Waals surface area contributed by atoms with Crippen LogP contribution < -0.4 is 10.2 Å². The van der Waals surface area contributed by atoms with Gasteiger partial charge in [-0.15, -0.1) is 12.4 Å². The van der Waals surface area contributed by atoms with Crippen molar-refractivity contribution in [2.45, 2.75) is 69.4 Å². The van der Waals surface area contributed by atoms with Gasteiger partial charge in [-0.3, -0.25) is 9.69 Å². The first-order valence-electron chi connectivity index (χ1n) is 12.1. The average molecular weight is 430 g/mol. The summed E-state index contributed by atoms with van der Waals surface area (Å²) >= 11 is 0. The minimum absolute atomic E-state index is 0. The average Bonchev–Trinajstić information content (AvgIpc) is 3.30. The lowest BCUT2D eigenvalue weighted by Crippen LogP contribution is -2.58. The molecule has 5 unspecified atom stereocenters. The standard InChI is InChI=1S/C25H35N3O.ClH/c29-24-25(28(17-26-24)20-9-2-1-3-10-20)12-14-27(15-13-25)22-16-19-8-4-6-18-7-5-11-21(22)23(18)19;/h1-3,9-10,18-19,21-23H,4-8,11-17H2,(H,26,29);1H. The van der Waals surface area contributed by atoms with Crippen LogP contribution in [0.15, 0.2) is 30.3 Å². The van der Waals surface area contributed by atoms with Gasteiger partial charge in [-0.2, -0.15) is 0 Å². The molecule has 164 valence electrons. The van der Waals surface area contributed by atoms with E-state index in [0.717, 1.165) is 55.6 Å². The second kappa shape index (κ2) is 8.02. The molecule has 5 heteroatoms. The Morgan fingerprint density at radius 1 is 0.933 bits per heavy atom. The summed E-state index contributed by atoms with van der Waals surface area (Å²) in [6, 6.07) is 11.3. The van der Waals surface area contributed by atoms with Crippen molar-refractivity contribution >= 4 is 24.0 Å². The van der Waals surface area contributed by atoms with Gasteiger partial charge >= 0.3 is 0 Å². The summed E-state index contributed by atoms with van der Waals surface area (Å²) in [6.07, 6.45) is 12.2. The summed E-state index contributed by atoms with van der Waals surface area (Å²) in [7, 11) is 0. The smallest absolute Gasteiger partial charge is 0.247 e. The minimum Gasteiger partial charge on any atom is -0.339 e. The lowest BCUT2D eigenvalue weighted by atomic mass is 9.64. The fourth-order valence-corrected chi connectivity index (χ4v) is 8.14.